The van der Waals surface area contributed by atoms with Crippen LogP contribution in [0, 0.1) is 18.2 Å². The van der Waals surface area contributed by atoms with E-state index >= 15 is 0 Å². The van der Waals surface area contributed by atoms with Crippen LogP contribution >= 0.6 is 0 Å². The Bertz CT molecular complexity index is 962. The molecule has 0 unspecified atom stereocenters. The van der Waals surface area contributed by atoms with Crippen molar-refractivity contribution in [3.8, 4) is 0 Å². The van der Waals surface area contributed by atoms with E-state index in [2.05, 4.69) is 15.5 Å². The van der Waals surface area contributed by atoms with Crippen molar-refractivity contribution in [2.45, 2.75) is 64.5 Å². The zero-order valence-electron chi connectivity index (χ0n) is 17.7. The maximum absolute atomic E-state index is 14.1. The monoisotopic (exact) mass is 411 g/mol. The lowest BCUT2D eigenvalue weighted by atomic mass is 10.0. The molecule has 2 aliphatic rings. The number of benzene rings is 1. The number of amides is 1. The fourth-order valence-electron chi connectivity index (χ4n) is 4.65. The maximum Gasteiger partial charge on any atom is 0.222 e. The molecule has 0 atom stereocenters. The number of carbonyl (C=O) groups excluding carboxylic acids is 1. The first-order valence-corrected chi connectivity index (χ1v) is 10.9. The van der Waals surface area contributed by atoms with Crippen LogP contribution in [0.25, 0.3) is 10.9 Å². The summed E-state index contributed by atoms with van der Waals surface area (Å²) in [5.74, 6) is 0.0924. The van der Waals surface area contributed by atoms with E-state index in [9.17, 15) is 9.18 Å². The predicted octanol–water partition coefficient (Wildman–Crippen LogP) is 3.64. The van der Waals surface area contributed by atoms with Gasteiger partial charge in [-0.1, -0.05) is 12.8 Å². The summed E-state index contributed by atoms with van der Waals surface area (Å²) in [6, 6.07) is 6.18. The molecule has 2 aromatic rings. The fraction of sp³-hybridized carbons (Fsp3) is 0.522. The molecule has 1 aliphatic heterocycles. The second-order valence-corrected chi connectivity index (χ2v) is 8.62. The quantitative estimate of drug-likeness (QED) is 0.530. The smallest absolute Gasteiger partial charge is 0.222 e. The molecule has 0 bridgehead atoms. The van der Waals surface area contributed by atoms with E-state index < -0.39 is 0 Å². The summed E-state index contributed by atoms with van der Waals surface area (Å²) in [7, 11) is 0. The Hall–Kier alpha value is -2.54. The molecule has 160 valence electrons. The molecule has 2 fully saturated rings. The van der Waals surface area contributed by atoms with Gasteiger partial charge in [-0.2, -0.15) is 0 Å². The summed E-state index contributed by atoms with van der Waals surface area (Å²) < 4.78 is 14.1. The lowest BCUT2D eigenvalue weighted by Gasteiger charge is -2.35. The minimum Gasteiger partial charge on any atom is -0.356 e. The molecule has 2 heterocycles. The number of aryl methyl sites for hydroxylation is 1. The van der Waals surface area contributed by atoms with Crippen LogP contribution in [0.15, 0.2) is 18.2 Å². The Balaban J connectivity index is 1.60. The molecule has 1 saturated carbocycles. The molecular weight excluding hydrogens is 381 g/mol. The van der Waals surface area contributed by atoms with Crippen molar-refractivity contribution < 1.29 is 9.18 Å². The number of rotatable bonds is 4. The zero-order chi connectivity index (χ0) is 21.3. The highest BCUT2D eigenvalue weighted by atomic mass is 19.1. The van der Waals surface area contributed by atoms with Crippen LogP contribution in [0.2, 0.25) is 0 Å². The van der Waals surface area contributed by atoms with Crippen LogP contribution in [0.5, 0.6) is 0 Å². The first-order chi connectivity index (χ1) is 14.4. The van der Waals surface area contributed by atoms with Gasteiger partial charge in [-0.15, -0.1) is 0 Å². The SMILES string of the molecule is CC(=O)NC(=N)c1cc2cc(C)c(F)cc2nc1N1CCC(NC2CCCC2)CC1. The number of fused-ring (bicyclic) bond motifs is 1. The van der Waals surface area contributed by atoms with Gasteiger partial charge in [-0.25, -0.2) is 9.37 Å². The third-order valence-corrected chi connectivity index (χ3v) is 6.27. The third-order valence-electron chi connectivity index (χ3n) is 6.27. The molecule has 1 aliphatic carbocycles. The number of nitrogens with one attached hydrogen (secondary N) is 3. The molecule has 6 nitrogen and oxygen atoms in total. The van der Waals surface area contributed by atoms with Gasteiger partial charge in [0.25, 0.3) is 0 Å². The summed E-state index contributed by atoms with van der Waals surface area (Å²) >= 11 is 0. The first kappa shape index (κ1) is 20.7. The molecule has 0 radical (unpaired) electrons. The molecule has 1 saturated heterocycles. The molecule has 1 aromatic heterocycles. The number of anilines is 1. The van der Waals surface area contributed by atoms with Crippen LogP contribution in [0.3, 0.4) is 0 Å². The number of nitrogens with zero attached hydrogens (tertiary/aromatic N) is 2. The zero-order valence-corrected chi connectivity index (χ0v) is 17.7. The predicted molar refractivity (Wildman–Crippen MR) is 118 cm³/mol. The Morgan fingerprint density at radius 3 is 2.47 bits per heavy atom. The normalized spacial score (nSPS) is 18.2. The highest BCUT2D eigenvalue weighted by Crippen LogP contribution is 2.28. The summed E-state index contributed by atoms with van der Waals surface area (Å²) in [5, 5.41) is 15.5. The maximum atomic E-state index is 14.1. The lowest BCUT2D eigenvalue weighted by molar-refractivity contribution is -0.117. The van der Waals surface area contributed by atoms with E-state index in [1.165, 1.54) is 38.7 Å². The van der Waals surface area contributed by atoms with Gasteiger partial charge in [0.2, 0.25) is 5.91 Å². The number of halogens is 1. The minimum absolute atomic E-state index is 0.0279. The van der Waals surface area contributed by atoms with Gasteiger partial charge >= 0.3 is 0 Å². The van der Waals surface area contributed by atoms with E-state index in [1.807, 2.05) is 6.07 Å². The summed E-state index contributed by atoms with van der Waals surface area (Å²) in [5.41, 5.74) is 1.68. The van der Waals surface area contributed by atoms with Crippen molar-refractivity contribution in [2.75, 3.05) is 18.0 Å². The number of hydrogen-bond acceptors (Lipinski definition) is 5. The van der Waals surface area contributed by atoms with Crippen LogP contribution in [-0.2, 0) is 4.79 Å². The molecule has 1 aromatic carbocycles. The minimum atomic E-state index is -0.291. The van der Waals surface area contributed by atoms with Crippen LogP contribution in [0.1, 0.15) is 56.6 Å². The van der Waals surface area contributed by atoms with E-state index in [4.69, 9.17) is 10.4 Å². The first-order valence-electron chi connectivity index (χ1n) is 10.9. The Labute approximate surface area is 176 Å². The number of hydrogen-bond donors (Lipinski definition) is 3. The van der Waals surface area contributed by atoms with Crippen LogP contribution in [0.4, 0.5) is 10.2 Å². The molecule has 4 rings (SSSR count). The van der Waals surface area contributed by atoms with Crippen molar-refractivity contribution in [3.05, 3.63) is 35.1 Å². The Morgan fingerprint density at radius 1 is 1.13 bits per heavy atom. The van der Waals surface area contributed by atoms with Gasteiger partial charge in [0.1, 0.15) is 17.5 Å². The van der Waals surface area contributed by atoms with E-state index in [0.29, 0.717) is 34.5 Å². The highest BCUT2D eigenvalue weighted by molar-refractivity contribution is 6.10. The molecular formula is C23H30FN5O. The second-order valence-electron chi connectivity index (χ2n) is 8.62. The highest BCUT2D eigenvalue weighted by Gasteiger charge is 2.26. The fourth-order valence-corrected chi connectivity index (χ4v) is 4.65. The summed E-state index contributed by atoms with van der Waals surface area (Å²) in [6.07, 6.45) is 7.20. The number of piperidine rings is 1. The van der Waals surface area contributed by atoms with E-state index in [0.717, 1.165) is 31.3 Å². The van der Waals surface area contributed by atoms with E-state index in [-0.39, 0.29) is 17.6 Å². The van der Waals surface area contributed by atoms with Gasteiger partial charge in [-0.3, -0.25) is 10.2 Å². The molecule has 3 N–H and O–H groups in total. The van der Waals surface area contributed by atoms with Crippen molar-refractivity contribution in [3.63, 3.8) is 0 Å². The number of aromatic nitrogens is 1. The van der Waals surface area contributed by atoms with E-state index in [1.54, 1.807) is 13.0 Å². The number of amidine groups is 1. The van der Waals surface area contributed by atoms with Gasteiger partial charge in [-0.05, 0) is 50.3 Å². The Morgan fingerprint density at radius 2 is 1.80 bits per heavy atom. The average molecular weight is 412 g/mol. The van der Waals surface area contributed by atoms with Crippen molar-refractivity contribution in [1.82, 2.24) is 15.6 Å². The van der Waals surface area contributed by atoms with Gasteiger partial charge < -0.3 is 15.5 Å². The number of pyridine rings is 1. The molecule has 1 amide bonds. The summed E-state index contributed by atoms with van der Waals surface area (Å²) in [4.78, 5) is 18.4. The molecule has 0 spiro atoms. The largest absolute Gasteiger partial charge is 0.356 e. The standard InChI is InChI=1S/C23H30FN5O/c1-14-11-16-12-19(22(25)26-15(2)30)23(28-21(16)13-20(14)24)29-9-7-18(8-10-29)27-17-5-3-4-6-17/h11-13,17-18,27H,3-10H2,1-2H3,(H2,25,26,30). The van der Waals surface area contributed by atoms with Gasteiger partial charge in [0.05, 0.1) is 11.1 Å². The third kappa shape index (κ3) is 4.46. The second kappa shape index (κ2) is 8.68. The van der Waals surface area contributed by atoms with Crippen molar-refractivity contribution >= 4 is 28.5 Å². The van der Waals surface area contributed by atoms with Crippen LogP contribution in [-0.4, -0.2) is 41.9 Å². The van der Waals surface area contributed by atoms with Crippen molar-refractivity contribution in [2.24, 2.45) is 0 Å². The van der Waals surface area contributed by atoms with Crippen LogP contribution < -0.4 is 15.5 Å². The van der Waals surface area contributed by atoms with Gasteiger partial charge in [0.15, 0.2) is 0 Å². The van der Waals surface area contributed by atoms with Crippen molar-refractivity contribution in [1.29, 1.82) is 5.41 Å². The topological polar surface area (TPSA) is 81.1 Å². The molecule has 30 heavy (non-hydrogen) atoms. The van der Waals surface area contributed by atoms with Gasteiger partial charge in [0, 0.05) is 43.5 Å². The number of carbonyl (C=O) groups is 1. The lowest BCUT2D eigenvalue weighted by Crippen LogP contribution is -2.46. The average Bonchev–Trinajstić information content (AvgIpc) is 3.21. The summed E-state index contributed by atoms with van der Waals surface area (Å²) in [6.45, 7) is 4.74. The Kier molecular flexibility index (Phi) is 5.99. The molecule has 7 heteroatoms.